The smallest absolute Gasteiger partial charge is 0.0688 e. The highest BCUT2D eigenvalue weighted by Crippen LogP contribution is 2.35. The van der Waals surface area contributed by atoms with Crippen LogP contribution >= 0.6 is 0 Å². The predicted molar refractivity (Wildman–Crippen MR) is 72.2 cm³/mol. The van der Waals surface area contributed by atoms with Crippen molar-refractivity contribution in [2.24, 2.45) is 5.92 Å². The Bertz CT molecular complexity index is 366. The molecule has 1 aromatic carbocycles. The lowest BCUT2D eigenvalue weighted by atomic mass is 9.75. The van der Waals surface area contributed by atoms with Crippen LogP contribution in [0.1, 0.15) is 49.3 Å². The highest BCUT2D eigenvalue weighted by molar-refractivity contribution is 5.34. The Morgan fingerprint density at radius 3 is 2.24 bits per heavy atom. The van der Waals surface area contributed by atoms with E-state index in [-0.39, 0.29) is 0 Å². The van der Waals surface area contributed by atoms with E-state index in [4.69, 9.17) is 0 Å². The first-order chi connectivity index (χ1) is 8.00. The normalized spacial score (nSPS) is 29.3. The van der Waals surface area contributed by atoms with E-state index in [0.29, 0.717) is 0 Å². The van der Waals surface area contributed by atoms with E-state index in [1.807, 2.05) is 0 Å². The van der Waals surface area contributed by atoms with Crippen LogP contribution < -0.4 is 0 Å². The fourth-order valence-electron chi connectivity index (χ4n) is 2.93. The molecule has 0 saturated heterocycles. The summed E-state index contributed by atoms with van der Waals surface area (Å²) in [5.74, 6) is 0.785. The summed E-state index contributed by atoms with van der Waals surface area (Å²) in [6, 6.07) is 6.40. The predicted octanol–water partition coefficient (Wildman–Crippen LogP) is 3.79. The number of aryl methyl sites for hydroxylation is 2. The van der Waals surface area contributed by atoms with Gasteiger partial charge in [-0.25, -0.2) is 0 Å². The van der Waals surface area contributed by atoms with E-state index in [1.54, 1.807) is 0 Å². The van der Waals surface area contributed by atoms with Crippen molar-refractivity contribution in [3.8, 4) is 0 Å². The molecule has 1 aromatic rings. The van der Waals surface area contributed by atoms with Crippen molar-refractivity contribution >= 4 is 0 Å². The lowest BCUT2D eigenvalue weighted by Gasteiger charge is -2.35. The molecule has 2 rings (SSSR count). The fourth-order valence-corrected chi connectivity index (χ4v) is 2.93. The lowest BCUT2D eigenvalue weighted by Crippen LogP contribution is -2.36. The molecular formula is C16H24O. The summed E-state index contributed by atoms with van der Waals surface area (Å²) in [6.45, 7) is 6.59. The monoisotopic (exact) mass is 232 g/mol. The first-order valence-corrected chi connectivity index (χ1v) is 6.78. The van der Waals surface area contributed by atoms with Crippen molar-refractivity contribution in [3.63, 3.8) is 0 Å². The van der Waals surface area contributed by atoms with E-state index in [1.165, 1.54) is 29.5 Å². The summed E-state index contributed by atoms with van der Waals surface area (Å²) in [5.41, 5.74) is 3.53. The Balaban J connectivity index is 2.15. The minimum Gasteiger partial charge on any atom is -0.390 e. The molecule has 1 heteroatoms. The zero-order chi connectivity index (χ0) is 12.5. The first-order valence-electron chi connectivity index (χ1n) is 6.78. The number of aliphatic hydroxyl groups is 1. The molecular weight excluding hydrogens is 208 g/mol. The number of hydrogen-bond acceptors (Lipinski definition) is 1. The first kappa shape index (κ1) is 12.6. The Kier molecular flexibility index (Phi) is 3.58. The van der Waals surface area contributed by atoms with Crippen LogP contribution in [0.3, 0.4) is 0 Å². The standard InChI is InChI=1S/C16H24O/c1-12-7-9-16(17,10-8-12)11-15-13(2)5-4-6-14(15)3/h4-6,12,17H,7-11H2,1-3H3. The van der Waals surface area contributed by atoms with Gasteiger partial charge in [-0.1, -0.05) is 25.1 Å². The van der Waals surface area contributed by atoms with Gasteiger partial charge < -0.3 is 5.11 Å². The maximum absolute atomic E-state index is 10.7. The van der Waals surface area contributed by atoms with Crippen molar-refractivity contribution in [1.82, 2.24) is 0 Å². The van der Waals surface area contributed by atoms with Crippen molar-refractivity contribution in [1.29, 1.82) is 0 Å². The molecule has 0 aromatic heterocycles. The average Bonchev–Trinajstić information content (AvgIpc) is 2.29. The Morgan fingerprint density at radius 2 is 1.71 bits per heavy atom. The third-order valence-corrected chi connectivity index (χ3v) is 4.36. The van der Waals surface area contributed by atoms with Gasteiger partial charge in [0.1, 0.15) is 0 Å². The summed E-state index contributed by atoms with van der Waals surface area (Å²) in [7, 11) is 0. The molecule has 0 atom stereocenters. The summed E-state index contributed by atoms with van der Waals surface area (Å²) >= 11 is 0. The topological polar surface area (TPSA) is 20.2 Å². The van der Waals surface area contributed by atoms with Crippen molar-refractivity contribution < 1.29 is 5.11 Å². The van der Waals surface area contributed by atoms with Crippen LogP contribution in [0.25, 0.3) is 0 Å². The van der Waals surface area contributed by atoms with Gasteiger partial charge in [0, 0.05) is 6.42 Å². The molecule has 0 unspecified atom stereocenters. The van der Waals surface area contributed by atoms with Crippen molar-refractivity contribution in [2.45, 2.75) is 58.5 Å². The summed E-state index contributed by atoms with van der Waals surface area (Å²) in [5, 5.41) is 10.7. The van der Waals surface area contributed by atoms with Crippen LogP contribution in [0.4, 0.5) is 0 Å². The molecule has 17 heavy (non-hydrogen) atoms. The molecule has 0 bridgehead atoms. The van der Waals surface area contributed by atoms with Crippen LogP contribution in [-0.2, 0) is 6.42 Å². The van der Waals surface area contributed by atoms with E-state index in [0.717, 1.165) is 25.2 Å². The second kappa shape index (κ2) is 4.81. The van der Waals surface area contributed by atoms with Gasteiger partial charge in [-0.2, -0.15) is 0 Å². The van der Waals surface area contributed by atoms with Gasteiger partial charge in [0.15, 0.2) is 0 Å². The van der Waals surface area contributed by atoms with Crippen molar-refractivity contribution in [2.75, 3.05) is 0 Å². The summed E-state index contributed by atoms with van der Waals surface area (Å²) < 4.78 is 0. The molecule has 1 nitrogen and oxygen atoms in total. The van der Waals surface area contributed by atoms with Crippen LogP contribution in [0.2, 0.25) is 0 Å². The maximum atomic E-state index is 10.7. The van der Waals surface area contributed by atoms with Crippen molar-refractivity contribution in [3.05, 3.63) is 34.9 Å². The molecule has 1 fully saturated rings. The van der Waals surface area contributed by atoms with Gasteiger partial charge in [0.25, 0.3) is 0 Å². The van der Waals surface area contributed by atoms with E-state index in [9.17, 15) is 5.11 Å². The Hall–Kier alpha value is -0.820. The van der Waals surface area contributed by atoms with E-state index >= 15 is 0 Å². The van der Waals surface area contributed by atoms with Gasteiger partial charge in [0.2, 0.25) is 0 Å². The number of rotatable bonds is 2. The number of hydrogen-bond donors (Lipinski definition) is 1. The minimum atomic E-state index is -0.455. The zero-order valence-corrected chi connectivity index (χ0v) is 11.3. The Morgan fingerprint density at radius 1 is 1.18 bits per heavy atom. The van der Waals surface area contributed by atoms with Gasteiger partial charge >= 0.3 is 0 Å². The second-order valence-corrected chi connectivity index (χ2v) is 5.95. The third-order valence-electron chi connectivity index (χ3n) is 4.36. The molecule has 1 aliphatic carbocycles. The molecule has 0 heterocycles. The SMILES string of the molecule is Cc1cccc(C)c1CC1(O)CCC(C)CC1. The molecule has 1 saturated carbocycles. The molecule has 0 radical (unpaired) electrons. The molecule has 0 spiro atoms. The van der Waals surface area contributed by atoms with Crippen LogP contribution in [0, 0.1) is 19.8 Å². The summed E-state index contributed by atoms with van der Waals surface area (Å²) in [4.78, 5) is 0. The minimum absolute atomic E-state index is 0.455. The molecule has 1 aliphatic rings. The molecule has 94 valence electrons. The zero-order valence-electron chi connectivity index (χ0n) is 11.3. The molecule has 1 N–H and O–H groups in total. The quantitative estimate of drug-likeness (QED) is 0.822. The number of benzene rings is 1. The highest BCUT2D eigenvalue weighted by Gasteiger charge is 2.32. The summed E-state index contributed by atoms with van der Waals surface area (Å²) in [6.07, 6.45) is 5.09. The third kappa shape index (κ3) is 2.90. The van der Waals surface area contributed by atoms with Crippen LogP contribution in [-0.4, -0.2) is 10.7 Å². The lowest BCUT2D eigenvalue weighted by molar-refractivity contribution is -0.00691. The fraction of sp³-hybridized carbons (Fsp3) is 0.625. The Labute approximate surface area is 105 Å². The van der Waals surface area contributed by atoms with Gasteiger partial charge in [0.05, 0.1) is 5.60 Å². The molecule has 0 amide bonds. The largest absolute Gasteiger partial charge is 0.390 e. The maximum Gasteiger partial charge on any atom is 0.0688 e. The van der Waals surface area contributed by atoms with E-state index in [2.05, 4.69) is 39.0 Å². The highest BCUT2D eigenvalue weighted by atomic mass is 16.3. The second-order valence-electron chi connectivity index (χ2n) is 5.95. The average molecular weight is 232 g/mol. The van der Waals surface area contributed by atoms with Gasteiger partial charge in [-0.3, -0.25) is 0 Å². The van der Waals surface area contributed by atoms with Crippen LogP contribution in [0.5, 0.6) is 0 Å². The van der Waals surface area contributed by atoms with Gasteiger partial charge in [-0.05, 0) is 62.1 Å². The van der Waals surface area contributed by atoms with Gasteiger partial charge in [-0.15, -0.1) is 0 Å². The van der Waals surface area contributed by atoms with E-state index < -0.39 is 5.60 Å². The van der Waals surface area contributed by atoms with Crippen LogP contribution in [0.15, 0.2) is 18.2 Å². The molecule has 0 aliphatic heterocycles.